The monoisotopic (exact) mass is 263 g/mol. The number of hydrogen-bond donors (Lipinski definition) is 1. The minimum atomic E-state index is 0.666. The molecule has 19 heavy (non-hydrogen) atoms. The summed E-state index contributed by atoms with van der Waals surface area (Å²) in [7, 11) is 0. The predicted molar refractivity (Wildman–Crippen MR) is 82.4 cm³/mol. The van der Waals surface area contributed by atoms with Crippen molar-refractivity contribution in [3.8, 4) is 0 Å². The average Bonchev–Trinajstić information content (AvgIpc) is 2.41. The number of benzene rings is 1. The van der Waals surface area contributed by atoms with E-state index in [1.165, 1.54) is 24.0 Å². The Labute approximate surface area is 118 Å². The van der Waals surface area contributed by atoms with Crippen LogP contribution in [0.25, 0.3) is 0 Å². The fourth-order valence-corrected chi connectivity index (χ4v) is 2.29. The summed E-state index contributed by atoms with van der Waals surface area (Å²) in [6, 6.07) is 8.62. The van der Waals surface area contributed by atoms with Crippen LogP contribution in [0.15, 0.2) is 24.3 Å². The molecule has 0 bridgehead atoms. The fourth-order valence-electron chi connectivity index (χ4n) is 2.29. The van der Waals surface area contributed by atoms with Gasteiger partial charge in [-0.2, -0.15) is 0 Å². The summed E-state index contributed by atoms with van der Waals surface area (Å²) in [5.41, 5.74) is 2.75. The van der Waals surface area contributed by atoms with Gasteiger partial charge in [-0.15, -0.1) is 0 Å². The molecule has 2 heteroatoms. The third-order valence-electron chi connectivity index (χ3n) is 3.38. The Bertz CT molecular complexity index is 338. The Morgan fingerprint density at radius 2 is 1.89 bits per heavy atom. The highest BCUT2D eigenvalue weighted by Gasteiger charge is 2.04. The first-order valence-corrected chi connectivity index (χ1v) is 7.63. The lowest BCUT2D eigenvalue weighted by atomic mass is 10.0. The molecule has 0 saturated heterocycles. The molecule has 0 fully saturated rings. The van der Waals surface area contributed by atoms with Gasteiger partial charge in [0.1, 0.15) is 0 Å². The lowest BCUT2D eigenvalue weighted by Crippen LogP contribution is -2.17. The van der Waals surface area contributed by atoms with Crippen LogP contribution in [0.3, 0.4) is 0 Å². The number of hydrogen-bond acceptors (Lipinski definition) is 2. The molecule has 1 N–H and O–H groups in total. The largest absolute Gasteiger partial charge is 0.376 e. The van der Waals surface area contributed by atoms with Crippen molar-refractivity contribution in [2.45, 2.75) is 46.6 Å². The highest BCUT2D eigenvalue weighted by atomic mass is 16.5. The SMILES string of the molecule is CCCC(C)COCc1ccccc1CCNCC. The summed E-state index contributed by atoms with van der Waals surface area (Å²) in [4.78, 5) is 0. The smallest absolute Gasteiger partial charge is 0.0719 e. The number of rotatable bonds is 10. The van der Waals surface area contributed by atoms with Crippen LogP contribution < -0.4 is 5.32 Å². The first-order valence-electron chi connectivity index (χ1n) is 7.63. The molecular formula is C17H29NO. The highest BCUT2D eigenvalue weighted by molar-refractivity contribution is 5.26. The van der Waals surface area contributed by atoms with E-state index in [-0.39, 0.29) is 0 Å². The lowest BCUT2D eigenvalue weighted by Gasteiger charge is -2.13. The summed E-state index contributed by atoms with van der Waals surface area (Å²) in [5, 5.41) is 3.37. The zero-order chi connectivity index (χ0) is 13.9. The topological polar surface area (TPSA) is 21.3 Å². The van der Waals surface area contributed by atoms with E-state index < -0.39 is 0 Å². The summed E-state index contributed by atoms with van der Waals surface area (Å²) < 4.78 is 5.86. The van der Waals surface area contributed by atoms with Gasteiger partial charge < -0.3 is 10.1 Å². The quantitative estimate of drug-likeness (QED) is 0.648. The molecule has 0 heterocycles. The van der Waals surface area contributed by atoms with Crippen LogP contribution in [-0.2, 0) is 17.8 Å². The Morgan fingerprint density at radius 1 is 1.16 bits per heavy atom. The second-order valence-corrected chi connectivity index (χ2v) is 5.28. The molecule has 2 nitrogen and oxygen atoms in total. The first kappa shape index (κ1) is 16.2. The maximum Gasteiger partial charge on any atom is 0.0719 e. The van der Waals surface area contributed by atoms with E-state index in [0.29, 0.717) is 5.92 Å². The minimum absolute atomic E-state index is 0.666. The van der Waals surface area contributed by atoms with Gasteiger partial charge >= 0.3 is 0 Å². The highest BCUT2D eigenvalue weighted by Crippen LogP contribution is 2.12. The predicted octanol–water partition coefficient (Wildman–Crippen LogP) is 3.79. The van der Waals surface area contributed by atoms with Crippen molar-refractivity contribution in [2.24, 2.45) is 5.92 Å². The lowest BCUT2D eigenvalue weighted by molar-refractivity contribution is 0.0889. The second-order valence-electron chi connectivity index (χ2n) is 5.28. The van der Waals surface area contributed by atoms with Gasteiger partial charge in [-0.3, -0.25) is 0 Å². The molecular weight excluding hydrogens is 234 g/mol. The van der Waals surface area contributed by atoms with Gasteiger partial charge in [0.25, 0.3) is 0 Å². The standard InChI is InChI=1S/C17H29NO/c1-4-8-15(3)13-19-14-17-10-7-6-9-16(17)11-12-18-5-2/h6-7,9-10,15,18H,4-5,8,11-14H2,1-3H3. The van der Waals surface area contributed by atoms with E-state index in [9.17, 15) is 0 Å². The van der Waals surface area contributed by atoms with Crippen LogP contribution in [-0.4, -0.2) is 19.7 Å². The summed E-state index contributed by atoms with van der Waals surface area (Å²) in [5.74, 6) is 0.666. The summed E-state index contributed by atoms with van der Waals surface area (Å²) in [6.07, 6.45) is 3.57. The fraction of sp³-hybridized carbons (Fsp3) is 0.647. The Kier molecular flexibility index (Phi) is 8.52. The van der Waals surface area contributed by atoms with Crippen molar-refractivity contribution in [1.82, 2.24) is 5.32 Å². The van der Waals surface area contributed by atoms with Gasteiger partial charge in [-0.05, 0) is 43.0 Å². The van der Waals surface area contributed by atoms with E-state index >= 15 is 0 Å². The molecule has 0 amide bonds. The van der Waals surface area contributed by atoms with Crippen molar-refractivity contribution in [1.29, 1.82) is 0 Å². The molecule has 1 aromatic rings. The zero-order valence-electron chi connectivity index (χ0n) is 12.7. The average molecular weight is 263 g/mol. The van der Waals surface area contributed by atoms with Crippen LogP contribution >= 0.6 is 0 Å². The van der Waals surface area contributed by atoms with Gasteiger partial charge in [0.05, 0.1) is 6.61 Å². The Balaban J connectivity index is 2.39. The molecule has 0 aliphatic carbocycles. The molecule has 0 radical (unpaired) electrons. The van der Waals surface area contributed by atoms with E-state index in [1.807, 2.05) is 0 Å². The van der Waals surface area contributed by atoms with Crippen molar-refractivity contribution in [2.75, 3.05) is 19.7 Å². The van der Waals surface area contributed by atoms with Crippen LogP contribution in [0.4, 0.5) is 0 Å². The minimum Gasteiger partial charge on any atom is -0.376 e. The van der Waals surface area contributed by atoms with Gasteiger partial charge in [-0.1, -0.05) is 51.5 Å². The van der Waals surface area contributed by atoms with Crippen molar-refractivity contribution in [3.05, 3.63) is 35.4 Å². The molecule has 108 valence electrons. The number of likely N-dealkylation sites (N-methyl/N-ethyl adjacent to an activating group) is 1. The van der Waals surface area contributed by atoms with Gasteiger partial charge in [0.2, 0.25) is 0 Å². The van der Waals surface area contributed by atoms with E-state index in [2.05, 4.69) is 50.4 Å². The van der Waals surface area contributed by atoms with E-state index in [4.69, 9.17) is 4.74 Å². The molecule has 0 aliphatic rings. The maximum absolute atomic E-state index is 5.86. The van der Waals surface area contributed by atoms with Gasteiger partial charge in [0.15, 0.2) is 0 Å². The molecule has 0 spiro atoms. The summed E-state index contributed by atoms with van der Waals surface area (Å²) in [6.45, 7) is 10.3. The second kappa shape index (κ2) is 9.99. The molecule has 0 aliphatic heterocycles. The van der Waals surface area contributed by atoms with Gasteiger partial charge in [0, 0.05) is 6.61 Å². The van der Waals surface area contributed by atoms with Crippen LogP contribution in [0.1, 0.15) is 44.7 Å². The Morgan fingerprint density at radius 3 is 2.58 bits per heavy atom. The normalized spacial score (nSPS) is 12.6. The van der Waals surface area contributed by atoms with Crippen LogP contribution in [0, 0.1) is 5.92 Å². The van der Waals surface area contributed by atoms with Crippen LogP contribution in [0.5, 0.6) is 0 Å². The van der Waals surface area contributed by atoms with Crippen molar-refractivity contribution < 1.29 is 4.74 Å². The van der Waals surface area contributed by atoms with E-state index in [0.717, 1.165) is 32.7 Å². The van der Waals surface area contributed by atoms with Crippen LogP contribution in [0.2, 0.25) is 0 Å². The Hall–Kier alpha value is -0.860. The number of ether oxygens (including phenoxy) is 1. The molecule has 1 aromatic carbocycles. The first-order chi connectivity index (χ1) is 9.27. The molecule has 1 unspecified atom stereocenters. The van der Waals surface area contributed by atoms with E-state index in [1.54, 1.807) is 0 Å². The number of nitrogens with one attached hydrogen (secondary N) is 1. The molecule has 1 atom stereocenters. The third-order valence-corrected chi connectivity index (χ3v) is 3.38. The molecule has 0 saturated carbocycles. The molecule has 1 rings (SSSR count). The summed E-state index contributed by atoms with van der Waals surface area (Å²) >= 11 is 0. The molecule has 0 aromatic heterocycles. The third kappa shape index (κ3) is 6.74. The maximum atomic E-state index is 5.86. The zero-order valence-corrected chi connectivity index (χ0v) is 12.7. The van der Waals surface area contributed by atoms with Crippen molar-refractivity contribution >= 4 is 0 Å². The van der Waals surface area contributed by atoms with Crippen molar-refractivity contribution in [3.63, 3.8) is 0 Å². The van der Waals surface area contributed by atoms with Gasteiger partial charge in [-0.25, -0.2) is 0 Å².